The minimum Gasteiger partial charge on any atom is -0.484 e. The third-order valence-electron chi connectivity index (χ3n) is 5.01. The van der Waals surface area contributed by atoms with Crippen molar-refractivity contribution >= 4 is 11.6 Å². The van der Waals surface area contributed by atoms with E-state index < -0.39 is 0 Å². The average molecular weight is 317 g/mol. The Labute approximate surface area is 136 Å². The van der Waals surface area contributed by atoms with Gasteiger partial charge in [0.25, 0.3) is 0 Å². The van der Waals surface area contributed by atoms with Gasteiger partial charge in [-0.25, -0.2) is 0 Å². The van der Waals surface area contributed by atoms with Crippen molar-refractivity contribution in [2.45, 2.75) is 25.5 Å². The van der Waals surface area contributed by atoms with E-state index in [0.29, 0.717) is 5.92 Å². The summed E-state index contributed by atoms with van der Waals surface area (Å²) >= 11 is 6.40. The van der Waals surface area contributed by atoms with Crippen molar-refractivity contribution in [3.63, 3.8) is 0 Å². The molecule has 1 fully saturated rings. The smallest absolute Gasteiger partial charge is 0.141 e. The monoisotopic (exact) mass is 316 g/mol. The maximum absolute atomic E-state index is 6.47. The van der Waals surface area contributed by atoms with Crippen LogP contribution in [0.2, 0.25) is 5.02 Å². The van der Waals surface area contributed by atoms with Gasteiger partial charge in [0.05, 0.1) is 12.2 Å². The first kappa shape index (κ1) is 14.2. The summed E-state index contributed by atoms with van der Waals surface area (Å²) in [5.74, 6) is 1.51. The number of hydrogen-bond donors (Lipinski definition) is 0. The highest BCUT2D eigenvalue weighted by molar-refractivity contribution is 6.31. The highest BCUT2D eigenvalue weighted by Crippen LogP contribution is 2.40. The van der Waals surface area contributed by atoms with Crippen molar-refractivity contribution in [2.75, 3.05) is 20.1 Å². The molecule has 0 spiro atoms. The van der Waals surface area contributed by atoms with Crippen LogP contribution in [0.5, 0.6) is 5.75 Å². The first-order valence-corrected chi connectivity index (χ1v) is 8.38. The van der Waals surface area contributed by atoms with E-state index in [1.54, 1.807) is 0 Å². The average Bonchev–Trinajstić information content (AvgIpc) is 2.91. The number of piperidine rings is 1. The second-order valence-electron chi connectivity index (χ2n) is 6.46. The number of benzene rings is 1. The summed E-state index contributed by atoms with van der Waals surface area (Å²) in [7, 11) is 2.20. The number of likely N-dealkylation sites (tertiary alicyclic amines) is 1. The van der Waals surface area contributed by atoms with E-state index in [-0.39, 0.29) is 6.10 Å². The van der Waals surface area contributed by atoms with Crippen LogP contribution >= 0.6 is 11.6 Å². The number of ether oxygens (including phenoxy) is 1. The van der Waals surface area contributed by atoms with Gasteiger partial charge in [-0.15, -0.1) is 0 Å². The van der Waals surface area contributed by atoms with Gasteiger partial charge in [0.1, 0.15) is 11.9 Å². The summed E-state index contributed by atoms with van der Waals surface area (Å²) in [5.41, 5.74) is 2.37. The van der Waals surface area contributed by atoms with Crippen LogP contribution in [0.1, 0.15) is 30.2 Å². The molecule has 1 aromatic heterocycles. The van der Waals surface area contributed by atoms with Gasteiger partial charge in [-0.05, 0) is 57.2 Å². The Morgan fingerprint density at radius 3 is 2.77 bits per heavy atom. The van der Waals surface area contributed by atoms with Crippen LogP contribution in [0.25, 0.3) is 0 Å². The Bertz CT molecular complexity index is 673. The zero-order valence-electron chi connectivity index (χ0n) is 12.8. The highest BCUT2D eigenvalue weighted by atomic mass is 35.5. The van der Waals surface area contributed by atoms with Crippen LogP contribution < -0.4 is 4.74 Å². The molecule has 3 heterocycles. The Hall–Kier alpha value is -1.45. The molecule has 1 aromatic carbocycles. The fraction of sp³-hybridized carbons (Fsp3) is 0.444. The van der Waals surface area contributed by atoms with E-state index in [9.17, 15) is 0 Å². The normalized spacial score (nSPS) is 22.5. The molecule has 1 saturated heterocycles. The summed E-state index contributed by atoms with van der Waals surface area (Å²) in [6.45, 7) is 3.09. The fourth-order valence-corrected chi connectivity index (χ4v) is 3.89. The van der Waals surface area contributed by atoms with Gasteiger partial charge in [0, 0.05) is 22.7 Å². The maximum atomic E-state index is 6.47. The van der Waals surface area contributed by atoms with E-state index in [4.69, 9.17) is 16.3 Å². The summed E-state index contributed by atoms with van der Waals surface area (Å²) in [6.07, 6.45) is 4.63. The van der Waals surface area contributed by atoms with Crippen molar-refractivity contribution in [1.82, 2.24) is 9.47 Å². The zero-order chi connectivity index (χ0) is 15.1. The number of aromatic nitrogens is 1. The van der Waals surface area contributed by atoms with E-state index in [1.807, 2.05) is 12.1 Å². The lowest BCUT2D eigenvalue weighted by atomic mass is 9.89. The molecule has 0 N–H and O–H groups in total. The van der Waals surface area contributed by atoms with E-state index >= 15 is 0 Å². The van der Waals surface area contributed by atoms with Crippen LogP contribution in [-0.4, -0.2) is 29.6 Å². The molecule has 0 amide bonds. The lowest BCUT2D eigenvalue weighted by molar-refractivity contribution is 0.0823. The molecule has 22 heavy (non-hydrogen) atoms. The quantitative estimate of drug-likeness (QED) is 0.792. The first-order chi connectivity index (χ1) is 10.7. The molecule has 0 bridgehead atoms. The van der Waals surface area contributed by atoms with Gasteiger partial charge in [0.15, 0.2) is 0 Å². The van der Waals surface area contributed by atoms with Crippen molar-refractivity contribution in [3.8, 4) is 5.75 Å². The van der Waals surface area contributed by atoms with E-state index in [1.165, 1.54) is 18.5 Å². The van der Waals surface area contributed by atoms with Crippen LogP contribution in [0, 0.1) is 5.92 Å². The first-order valence-electron chi connectivity index (χ1n) is 8.00. The molecule has 2 aliphatic heterocycles. The van der Waals surface area contributed by atoms with Gasteiger partial charge >= 0.3 is 0 Å². The fourth-order valence-electron chi connectivity index (χ4n) is 3.67. The topological polar surface area (TPSA) is 17.4 Å². The van der Waals surface area contributed by atoms with Crippen molar-refractivity contribution in [3.05, 3.63) is 52.8 Å². The summed E-state index contributed by atoms with van der Waals surface area (Å²) in [5, 5.41) is 0.793. The molecule has 4 heteroatoms. The summed E-state index contributed by atoms with van der Waals surface area (Å²) < 4.78 is 8.77. The van der Waals surface area contributed by atoms with Gasteiger partial charge in [-0.3, -0.25) is 0 Å². The Morgan fingerprint density at radius 2 is 1.95 bits per heavy atom. The van der Waals surface area contributed by atoms with Crippen LogP contribution in [0.4, 0.5) is 0 Å². The van der Waals surface area contributed by atoms with Gasteiger partial charge in [0.2, 0.25) is 0 Å². The van der Waals surface area contributed by atoms with Crippen molar-refractivity contribution < 1.29 is 4.74 Å². The molecule has 0 aliphatic carbocycles. The number of halogens is 1. The van der Waals surface area contributed by atoms with E-state index in [0.717, 1.165) is 36.0 Å². The summed E-state index contributed by atoms with van der Waals surface area (Å²) in [4.78, 5) is 2.40. The molecule has 116 valence electrons. The second kappa shape index (κ2) is 5.64. The lowest BCUT2D eigenvalue weighted by Crippen LogP contribution is -2.34. The molecule has 3 nitrogen and oxygen atoms in total. The zero-order valence-corrected chi connectivity index (χ0v) is 13.6. The molecular weight excluding hydrogens is 296 g/mol. The minimum atomic E-state index is 0.128. The third kappa shape index (κ3) is 2.42. The standard InChI is InChI=1S/C18H21ClN2O/c1-20-10-7-13(8-11-20)18-16-5-3-9-21(16)12-14-15(19)4-2-6-17(14)22-18/h2-6,9,13,18H,7-8,10-12H2,1H3. The van der Waals surface area contributed by atoms with E-state index in [2.05, 4.69) is 40.9 Å². The Balaban J connectivity index is 1.73. The number of fused-ring (bicyclic) bond motifs is 2. The second-order valence-corrected chi connectivity index (χ2v) is 6.86. The number of nitrogens with zero attached hydrogens (tertiary/aromatic N) is 2. The predicted molar refractivity (Wildman–Crippen MR) is 88.6 cm³/mol. The van der Waals surface area contributed by atoms with Gasteiger partial charge in [-0.1, -0.05) is 17.7 Å². The summed E-state index contributed by atoms with van der Waals surface area (Å²) in [6, 6.07) is 10.3. The molecule has 2 aliphatic rings. The number of rotatable bonds is 1. The SMILES string of the molecule is CN1CCC(C2Oc3cccc(Cl)c3Cn3cccc32)CC1. The predicted octanol–water partition coefficient (Wildman–Crippen LogP) is 3.97. The van der Waals surface area contributed by atoms with Gasteiger partial charge < -0.3 is 14.2 Å². The number of hydrogen-bond acceptors (Lipinski definition) is 2. The van der Waals surface area contributed by atoms with Crippen molar-refractivity contribution in [2.24, 2.45) is 5.92 Å². The molecule has 0 saturated carbocycles. The van der Waals surface area contributed by atoms with Gasteiger partial charge in [-0.2, -0.15) is 0 Å². The lowest BCUT2D eigenvalue weighted by Gasteiger charge is -2.34. The molecule has 1 unspecified atom stereocenters. The van der Waals surface area contributed by atoms with Crippen molar-refractivity contribution in [1.29, 1.82) is 0 Å². The molecule has 4 rings (SSSR count). The van der Waals surface area contributed by atoms with Crippen LogP contribution in [0.15, 0.2) is 36.5 Å². The minimum absolute atomic E-state index is 0.128. The highest BCUT2D eigenvalue weighted by Gasteiger charge is 2.32. The largest absolute Gasteiger partial charge is 0.484 e. The Kier molecular flexibility index (Phi) is 3.63. The van der Waals surface area contributed by atoms with Crippen LogP contribution in [-0.2, 0) is 6.54 Å². The molecule has 1 atom stereocenters. The maximum Gasteiger partial charge on any atom is 0.141 e. The Morgan fingerprint density at radius 1 is 1.14 bits per heavy atom. The molecule has 0 radical (unpaired) electrons. The molecular formula is C18H21ClN2O. The van der Waals surface area contributed by atoms with Crippen LogP contribution in [0.3, 0.4) is 0 Å². The molecule has 2 aromatic rings. The third-order valence-corrected chi connectivity index (χ3v) is 5.36.